The molecule has 3 unspecified atom stereocenters. The van der Waals surface area contributed by atoms with Crippen LogP contribution in [0.5, 0.6) is 0 Å². The number of carbonyl (C=O) groups is 1. The van der Waals surface area contributed by atoms with Gasteiger partial charge in [-0.25, -0.2) is 4.79 Å². The third kappa shape index (κ3) is 4.33. The van der Waals surface area contributed by atoms with Crippen molar-refractivity contribution in [1.29, 1.82) is 0 Å². The van der Waals surface area contributed by atoms with Crippen LogP contribution in [0.15, 0.2) is 0 Å². The van der Waals surface area contributed by atoms with Crippen LogP contribution in [0.3, 0.4) is 0 Å². The van der Waals surface area contributed by atoms with Gasteiger partial charge in [0.1, 0.15) is 5.60 Å². The number of hydrogen-bond donors (Lipinski definition) is 1. The van der Waals surface area contributed by atoms with E-state index in [1.807, 2.05) is 25.7 Å². The molecule has 0 aliphatic carbocycles. The maximum Gasteiger partial charge on any atom is 0.410 e. The van der Waals surface area contributed by atoms with Crippen LogP contribution in [0.4, 0.5) is 4.79 Å². The van der Waals surface area contributed by atoms with Crippen LogP contribution < -0.4 is 5.73 Å². The second-order valence-corrected chi connectivity index (χ2v) is 7.56. The normalized spacial score (nSPS) is 31.5. The Labute approximate surface area is 128 Å². The summed E-state index contributed by atoms with van der Waals surface area (Å²) in [7, 11) is 2.14. The summed E-state index contributed by atoms with van der Waals surface area (Å²) in [6.45, 7) is 7.63. The highest BCUT2D eigenvalue weighted by atomic mass is 16.6. The van der Waals surface area contributed by atoms with Crippen molar-refractivity contribution in [2.75, 3.05) is 20.1 Å². The molecule has 2 aliphatic rings. The first kappa shape index (κ1) is 16.6. The van der Waals surface area contributed by atoms with E-state index >= 15 is 0 Å². The molecule has 5 heteroatoms. The molecular formula is C16H31N3O2. The van der Waals surface area contributed by atoms with E-state index in [1.54, 1.807) is 0 Å². The summed E-state index contributed by atoms with van der Waals surface area (Å²) in [5.74, 6) is 0. The van der Waals surface area contributed by atoms with Crippen LogP contribution in [0.1, 0.15) is 52.9 Å². The molecule has 0 bridgehead atoms. The molecule has 0 aromatic rings. The largest absolute Gasteiger partial charge is 0.444 e. The van der Waals surface area contributed by atoms with Gasteiger partial charge in [0.15, 0.2) is 0 Å². The molecule has 2 N–H and O–H groups in total. The molecule has 2 saturated heterocycles. The minimum atomic E-state index is -0.431. The summed E-state index contributed by atoms with van der Waals surface area (Å²) in [5.41, 5.74) is 5.80. The fourth-order valence-electron chi connectivity index (χ4n) is 3.48. The highest BCUT2D eigenvalue weighted by molar-refractivity contribution is 5.68. The molecule has 122 valence electrons. The highest BCUT2D eigenvalue weighted by Crippen LogP contribution is 2.27. The molecule has 21 heavy (non-hydrogen) atoms. The zero-order chi connectivity index (χ0) is 15.6. The first-order chi connectivity index (χ1) is 9.78. The fraction of sp³-hybridized carbons (Fsp3) is 0.938. The van der Waals surface area contributed by atoms with Gasteiger partial charge in [0.25, 0.3) is 0 Å². The fourth-order valence-corrected chi connectivity index (χ4v) is 3.48. The molecule has 3 atom stereocenters. The first-order valence-electron chi connectivity index (χ1n) is 8.23. The number of likely N-dealkylation sites (tertiary alicyclic amines) is 2. The standard InChI is InChI=1S/C16H31N3O2/c1-16(2,3)21-15(20)19-9-6-5-7-12(19)11-14-13(17)8-10-18(14)4/h12-14H,5-11,17H2,1-4H3. The van der Waals surface area contributed by atoms with Crippen LogP contribution in [0.2, 0.25) is 0 Å². The highest BCUT2D eigenvalue weighted by Gasteiger charge is 2.36. The number of carbonyl (C=O) groups excluding carboxylic acids is 1. The molecule has 0 saturated carbocycles. The van der Waals surface area contributed by atoms with Gasteiger partial charge >= 0.3 is 6.09 Å². The van der Waals surface area contributed by atoms with Gasteiger partial charge in [0.2, 0.25) is 0 Å². The predicted octanol–water partition coefficient (Wildman–Crippen LogP) is 2.20. The van der Waals surface area contributed by atoms with Gasteiger partial charge in [-0.05, 0) is 66.5 Å². The topological polar surface area (TPSA) is 58.8 Å². The van der Waals surface area contributed by atoms with Crippen molar-refractivity contribution in [3.8, 4) is 0 Å². The van der Waals surface area contributed by atoms with Crippen LogP contribution in [-0.4, -0.2) is 59.8 Å². The van der Waals surface area contributed by atoms with Crippen molar-refractivity contribution in [2.24, 2.45) is 5.73 Å². The minimum Gasteiger partial charge on any atom is -0.444 e. The van der Waals surface area contributed by atoms with E-state index in [-0.39, 0.29) is 18.2 Å². The van der Waals surface area contributed by atoms with Gasteiger partial charge in [-0.2, -0.15) is 0 Å². The molecule has 0 aromatic carbocycles. The molecule has 0 spiro atoms. The van der Waals surface area contributed by atoms with Crippen molar-refractivity contribution in [3.05, 3.63) is 0 Å². The molecule has 2 rings (SSSR count). The van der Waals surface area contributed by atoms with Crippen molar-refractivity contribution in [1.82, 2.24) is 9.80 Å². The maximum atomic E-state index is 12.4. The lowest BCUT2D eigenvalue weighted by molar-refractivity contribution is 0.00606. The Bertz CT molecular complexity index is 357. The number of hydrogen-bond acceptors (Lipinski definition) is 4. The van der Waals surface area contributed by atoms with Crippen LogP contribution in [-0.2, 0) is 4.74 Å². The van der Waals surface area contributed by atoms with Crippen molar-refractivity contribution in [3.63, 3.8) is 0 Å². The lowest BCUT2D eigenvalue weighted by atomic mass is 9.93. The molecule has 5 nitrogen and oxygen atoms in total. The lowest BCUT2D eigenvalue weighted by Gasteiger charge is -2.39. The summed E-state index contributed by atoms with van der Waals surface area (Å²) in [5, 5.41) is 0. The molecule has 2 aliphatic heterocycles. The lowest BCUT2D eigenvalue weighted by Crippen LogP contribution is -2.50. The second kappa shape index (κ2) is 6.53. The van der Waals surface area contributed by atoms with E-state index in [0.29, 0.717) is 6.04 Å². The van der Waals surface area contributed by atoms with Gasteiger partial charge in [0, 0.05) is 24.7 Å². The summed E-state index contributed by atoms with van der Waals surface area (Å²) in [6.07, 6.45) is 5.19. The van der Waals surface area contributed by atoms with E-state index in [2.05, 4.69) is 11.9 Å². The Balaban J connectivity index is 2.00. The third-order valence-corrected chi connectivity index (χ3v) is 4.64. The monoisotopic (exact) mass is 297 g/mol. The zero-order valence-corrected chi connectivity index (χ0v) is 14.0. The molecular weight excluding hydrogens is 266 g/mol. The van der Waals surface area contributed by atoms with Crippen LogP contribution >= 0.6 is 0 Å². The molecule has 2 fully saturated rings. The number of nitrogens with two attached hydrogens (primary N) is 1. The van der Waals surface area contributed by atoms with Gasteiger partial charge in [-0.15, -0.1) is 0 Å². The SMILES string of the molecule is CN1CCC(N)C1CC1CCCCN1C(=O)OC(C)(C)C. The Morgan fingerprint density at radius 3 is 2.52 bits per heavy atom. The van der Waals surface area contributed by atoms with Crippen molar-refractivity contribution >= 4 is 6.09 Å². The minimum absolute atomic E-state index is 0.165. The van der Waals surface area contributed by atoms with E-state index in [0.717, 1.165) is 38.8 Å². The third-order valence-electron chi connectivity index (χ3n) is 4.64. The number of rotatable bonds is 2. The number of piperidine rings is 1. The number of likely N-dealkylation sites (N-methyl/N-ethyl adjacent to an activating group) is 1. The van der Waals surface area contributed by atoms with E-state index in [4.69, 9.17) is 10.5 Å². The predicted molar refractivity (Wildman–Crippen MR) is 84.2 cm³/mol. The molecule has 0 radical (unpaired) electrons. The van der Waals surface area contributed by atoms with E-state index in [9.17, 15) is 4.79 Å². The quantitative estimate of drug-likeness (QED) is 0.849. The van der Waals surface area contributed by atoms with Crippen LogP contribution in [0.25, 0.3) is 0 Å². The number of amides is 1. The van der Waals surface area contributed by atoms with E-state index in [1.165, 1.54) is 6.42 Å². The summed E-state index contributed by atoms with van der Waals surface area (Å²) in [4.78, 5) is 16.7. The average molecular weight is 297 g/mol. The molecule has 1 amide bonds. The maximum absolute atomic E-state index is 12.4. The van der Waals surface area contributed by atoms with Gasteiger partial charge in [-0.3, -0.25) is 0 Å². The van der Waals surface area contributed by atoms with Crippen molar-refractivity contribution < 1.29 is 9.53 Å². The summed E-state index contributed by atoms with van der Waals surface area (Å²) in [6, 6.07) is 0.889. The van der Waals surface area contributed by atoms with Crippen molar-refractivity contribution in [2.45, 2.75) is 76.6 Å². The Hall–Kier alpha value is -0.810. The molecule has 2 heterocycles. The van der Waals surface area contributed by atoms with Gasteiger partial charge in [0.05, 0.1) is 0 Å². The number of ether oxygens (including phenoxy) is 1. The van der Waals surface area contributed by atoms with Gasteiger partial charge in [-0.1, -0.05) is 0 Å². The molecule has 0 aromatic heterocycles. The second-order valence-electron chi connectivity index (χ2n) is 7.56. The number of nitrogens with zero attached hydrogens (tertiary/aromatic N) is 2. The Morgan fingerprint density at radius 1 is 1.24 bits per heavy atom. The van der Waals surface area contributed by atoms with E-state index < -0.39 is 5.60 Å². The average Bonchev–Trinajstić information content (AvgIpc) is 2.69. The van der Waals surface area contributed by atoms with Gasteiger partial charge < -0.3 is 20.3 Å². The summed E-state index contributed by atoms with van der Waals surface area (Å²) < 4.78 is 5.57. The summed E-state index contributed by atoms with van der Waals surface area (Å²) >= 11 is 0. The smallest absolute Gasteiger partial charge is 0.410 e. The zero-order valence-electron chi connectivity index (χ0n) is 14.0. The Morgan fingerprint density at radius 2 is 1.95 bits per heavy atom. The van der Waals surface area contributed by atoms with Crippen LogP contribution in [0, 0.1) is 0 Å². The first-order valence-corrected chi connectivity index (χ1v) is 8.23. The Kier molecular flexibility index (Phi) is 5.15.